The van der Waals surface area contributed by atoms with Crippen molar-refractivity contribution >= 4 is 57.9 Å². The minimum absolute atomic E-state index is 0.0313. The number of fused-ring (bicyclic) bond motifs is 1. The number of hydrogen-bond acceptors (Lipinski definition) is 7. The zero-order chi connectivity index (χ0) is 24.9. The molecule has 0 aliphatic carbocycles. The van der Waals surface area contributed by atoms with Gasteiger partial charge in [-0.15, -0.1) is 22.0 Å². The number of aryl methyl sites for hydroxylation is 1. The fraction of sp³-hybridized carbons (Fsp3) is 0.174. The number of halogens is 2. The van der Waals surface area contributed by atoms with E-state index in [1.807, 2.05) is 18.2 Å². The van der Waals surface area contributed by atoms with Crippen molar-refractivity contribution in [2.24, 2.45) is 0 Å². The van der Waals surface area contributed by atoms with Crippen LogP contribution in [-0.4, -0.2) is 45.7 Å². The van der Waals surface area contributed by atoms with Gasteiger partial charge in [-0.3, -0.25) is 4.40 Å². The van der Waals surface area contributed by atoms with E-state index in [0.717, 1.165) is 9.77 Å². The third kappa shape index (κ3) is 4.31. The summed E-state index contributed by atoms with van der Waals surface area (Å²) < 4.78 is 4.03. The number of aromatic nitrogens is 6. The fourth-order valence-electron chi connectivity index (χ4n) is 3.65. The molecular formula is C23H18Cl2N6O2S2. The number of benzene rings is 1. The summed E-state index contributed by atoms with van der Waals surface area (Å²) in [6.07, 6.45) is 1.79. The summed E-state index contributed by atoms with van der Waals surface area (Å²) in [5.74, 6) is -0.738. The van der Waals surface area contributed by atoms with E-state index in [2.05, 4.69) is 29.1 Å². The lowest BCUT2D eigenvalue weighted by molar-refractivity contribution is 0.0687. The van der Waals surface area contributed by atoms with Crippen LogP contribution < -0.4 is 0 Å². The molecule has 8 nitrogen and oxygen atoms in total. The topological polar surface area (TPSA) is 98.2 Å². The lowest BCUT2D eigenvalue weighted by Crippen LogP contribution is -2.09. The number of carbonyl (C=O) groups is 1. The standard InChI is InChI=1S/C23H18Cl2N6O2S2/c1-11(2)34-22-18(13-7-8-14(24)15(25)10-13)26-23(35-22)31-19(21(32)33)17(12(3)29-31)20-28-27-16-6-4-5-9-30(16)20/h4-11H,1-3H3,(H,32,33). The van der Waals surface area contributed by atoms with E-state index in [0.29, 0.717) is 43.6 Å². The smallest absolute Gasteiger partial charge is 0.355 e. The molecule has 0 radical (unpaired) electrons. The number of pyridine rings is 1. The Morgan fingerprint density at radius 1 is 1.14 bits per heavy atom. The van der Waals surface area contributed by atoms with Crippen LogP contribution in [-0.2, 0) is 0 Å². The largest absolute Gasteiger partial charge is 0.476 e. The van der Waals surface area contributed by atoms with Crippen molar-refractivity contribution in [3.05, 3.63) is 64.0 Å². The average Bonchev–Trinajstić information content (AvgIpc) is 3.50. The Morgan fingerprint density at radius 2 is 1.94 bits per heavy atom. The second-order valence-corrected chi connectivity index (χ2v) is 11.5. The molecular weight excluding hydrogens is 527 g/mol. The molecule has 0 amide bonds. The Labute approximate surface area is 218 Å². The first-order valence-corrected chi connectivity index (χ1v) is 13.0. The predicted octanol–water partition coefficient (Wildman–Crippen LogP) is 6.52. The van der Waals surface area contributed by atoms with Crippen molar-refractivity contribution in [2.75, 3.05) is 0 Å². The SMILES string of the molecule is Cc1nn(-c2nc(-c3ccc(Cl)c(Cl)c3)c(SC(C)C)s2)c(C(=O)O)c1-c1nnc2ccccn12. The Balaban J connectivity index is 1.72. The van der Waals surface area contributed by atoms with Crippen molar-refractivity contribution in [3.63, 3.8) is 0 Å². The van der Waals surface area contributed by atoms with E-state index in [9.17, 15) is 9.90 Å². The zero-order valence-electron chi connectivity index (χ0n) is 18.7. The van der Waals surface area contributed by atoms with Crippen molar-refractivity contribution in [1.29, 1.82) is 0 Å². The number of hydrogen-bond donors (Lipinski definition) is 1. The number of thiazole rings is 1. The highest BCUT2D eigenvalue weighted by atomic mass is 35.5. The summed E-state index contributed by atoms with van der Waals surface area (Å²) in [7, 11) is 0. The molecule has 0 spiro atoms. The second-order valence-electron chi connectivity index (χ2n) is 7.91. The number of nitrogens with zero attached hydrogens (tertiary/aromatic N) is 6. The van der Waals surface area contributed by atoms with Gasteiger partial charge in [-0.05, 0) is 31.2 Å². The molecule has 5 rings (SSSR count). The van der Waals surface area contributed by atoms with Crippen LogP contribution >= 0.6 is 46.3 Å². The molecule has 1 N–H and O–H groups in total. The third-order valence-corrected chi connectivity index (χ3v) is 8.08. The zero-order valence-corrected chi connectivity index (χ0v) is 21.9. The first-order valence-electron chi connectivity index (χ1n) is 10.5. The summed E-state index contributed by atoms with van der Waals surface area (Å²) in [5.41, 5.74) is 2.95. The summed E-state index contributed by atoms with van der Waals surface area (Å²) in [4.78, 5) is 17.3. The molecule has 0 bridgehead atoms. The Hall–Kier alpha value is -2.92. The molecule has 0 fully saturated rings. The quantitative estimate of drug-likeness (QED) is 0.243. The fourth-order valence-corrected chi connectivity index (χ4v) is 6.42. The van der Waals surface area contributed by atoms with Crippen molar-refractivity contribution in [1.82, 2.24) is 29.4 Å². The first-order chi connectivity index (χ1) is 16.7. The van der Waals surface area contributed by atoms with Gasteiger partial charge in [0.05, 0.1) is 31.2 Å². The van der Waals surface area contributed by atoms with Crippen LogP contribution in [0, 0.1) is 6.92 Å². The van der Waals surface area contributed by atoms with Gasteiger partial charge in [-0.2, -0.15) is 9.78 Å². The monoisotopic (exact) mass is 544 g/mol. The summed E-state index contributed by atoms with van der Waals surface area (Å²) in [6, 6.07) is 10.8. The van der Waals surface area contributed by atoms with Gasteiger partial charge in [-0.25, -0.2) is 9.78 Å². The molecule has 178 valence electrons. The highest BCUT2D eigenvalue weighted by Gasteiger charge is 2.29. The number of carboxylic acids is 1. The maximum absolute atomic E-state index is 12.5. The molecule has 35 heavy (non-hydrogen) atoms. The normalized spacial score (nSPS) is 11.6. The molecule has 12 heteroatoms. The van der Waals surface area contributed by atoms with Crippen LogP contribution in [0.25, 0.3) is 33.4 Å². The summed E-state index contributed by atoms with van der Waals surface area (Å²) in [5, 5.41) is 24.8. The van der Waals surface area contributed by atoms with Gasteiger partial charge in [0.15, 0.2) is 17.2 Å². The van der Waals surface area contributed by atoms with Crippen molar-refractivity contribution in [3.8, 4) is 27.8 Å². The second kappa shape index (κ2) is 9.27. The molecule has 0 aliphatic rings. The molecule has 0 atom stereocenters. The van der Waals surface area contributed by atoms with E-state index in [1.165, 1.54) is 16.0 Å². The number of carboxylic acid groups (broad SMARTS) is 1. The molecule has 0 aliphatic heterocycles. The Bertz CT molecular complexity index is 1590. The van der Waals surface area contributed by atoms with E-state index < -0.39 is 5.97 Å². The average molecular weight is 545 g/mol. The molecule has 4 heterocycles. The lowest BCUT2D eigenvalue weighted by Gasteiger charge is -2.05. The lowest BCUT2D eigenvalue weighted by atomic mass is 10.1. The van der Waals surface area contributed by atoms with Gasteiger partial charge in [0, 0.05) is 17.0 Å². The van der Waals surface area contributed by atoms with E-state index in [4.69, 9.17) is 28.2 Å². The van der Waals surface area contributed by atoms with Crippen LogP contribution in [0.4, 0.5) is 0 Å². The van der Waals surface area contributed by atoms with Gasteiger partial charge in [-0.1, -0.05) is 60.5 Å². The Kier molecular flexibility index (Phi) is 6.30. The van der Waals surface area contributed by atoms with Gasteiger partial charge in [0.2, 0.25) is 5.13 Å². The van der Waals surface area contributed by atoms with Gasteiger partial charge in [0.1, 0.15) is 0 Å². The molecule has 5 aromatic rings. The maximum Gasteiger partial charge on any atom is 0.355 e. The number of thioether (sulfide) groups is 1. The number of rotatable bonds is 6. The van der Waals surface area contributed by atoms with Gasteiger partial charge in [0.25, 0.3) is 0 Å². The van der Waals surface area contributed by atoms with Crippen LogP contribution in [0.15, 0.2) is 46.8 Å². The minimum Gasteiger partial charge on any atom is -0.476 e. The minimum atomic E-state index is -1.14. The van der Waals surface area contributed by atoms with Crippen LogP contribution in [0.1, 0.15) is 30.0 Å². The van der Waals surface area contributed by atoms with Gasteiger partial charge >= 0.3 is 5.97 Å². The van der Waals surface area contributed by atoms with Crippen LogP contribution in [0.3, 0.4) is 0 Å². The molecule has 4 aromatic heterocycles. The summed E-state index contributed by atoms with van der Waals surface area (Å²) >= 11 is 15.4. The van der Waals surface area contributed by atoms with Crippen LogP contribution in [0.5, 0.6) is 0 Å². The first kappa shape index (κ1) is 23.8. The van der Waals surface area contributed by atoms with E-state index in [-0.39, 0.29) is 10.9 Å². The Morgan fingerprint density at radius 3 is 2.66 bits per heavy atom. The van der Waals surface area contributed by atoms with Crippen molar-refractivity contribution < 1.29 is 9.90 Å². The maximum atomic E-state index is 12.5. The van der Waals surface area contributed by atoms with Gasteiger partial charge < -0.3 is 5.11 Å². The highest BCUT2D eigenvalue weighted by molar-refractivity contribution is 8.01. The predicted molar refractivity (Wildman–Crippen MR) is 139 cm³/mol. The highest BCUT2D eigenvalue weighted by Crippen LogP contribution is 2.41. The molecule has 0 saturated heterocycles. The van der Waals surface area contributed by atoms with Crippen LogP contribution in [0.2, 0.25) is 10.0 Å². The number of aromatic carboxylic acids is 1. The molecule has 0 saturated carbocycles. The van der Waals surface area contributed by atoms with E-state index in [1.54, 1.807) is 47.5 Å². The van der Waals surface area contributed by atoms with E-state index >= 15 is 0 Å². The van der Waals surface area contributed by atoms with Crippen molar-refractivity contribution in [2.45, 2.75) is 30.2 Å². The summed E-state index contributed by atoms with van der Waals surface area (Å²) in [6.45, 7) is 5.91. The molecule has 0 unspecified atom stereocenters. The third-order valence-electron chi connectivity index (χ3n) is 5.10. The molecule has 1 aromatic carbocycles.